The summed E-state index contributed by atoms with van der Waals surface area (Å²) in [5.41, 5.74) is 0.0616. The van der Waals surface area contributed by atoms with Gasteiger partial charge in [0.25, 0.3) is 0 Å². The van der Waals surface area contributed by atoms with Crippen LogP contribution in [0.1, 0.15) is 118 Å². The van der Waals surface area contributed by atoms with Crippen LogP contribution >= 0.6 is 0 Å². The molecule has 6 heteroatoms. The van der Waals surface area contributed by atoms with E-state index in [-0.39, 0.29) is 47.1 Å². The van der Waals surface area contributed by atoms with Gasteiger partial charge in [-0.15, -0.1) is 0 Å². The number of ketones is 2. The van der Waals surface area contributed by atoms with Gasteiger partial charge in [0.2, 0.25) is 5.91 Å². The van der Waals surface area contributed by atoms with Crippen molar-refractivity contribution < 1.29 is 23.9 Å². The molecule has 208 valence electrons. The average molecular weight is 516 g/mol. The van der Waals surface area contributed by atoms with Gasteiger partial charge in [-0.1, -0.05) is 78.6 Å². The smallest absolute Gasteiger partial charge is 0.303 e. The molecule has 4 rings (SSSR count). The molecule has 4 fully saturated rings. The van der Waals surface area contributed by atoms with Gasteiger partial charge in [0, 0.05) is 38.1 Å². The SMILES string of the molecule is CC(=O)OC(C(=O)CCC1CC1)[C@@H]1CCCCCCCCC[C@H](C)C(=O)N2C[C@H]3[C@@H]([C@H]2C(=O)C1)C3(C)C. The fraction of sp³-hybridized carbons (Fsp3) is 0.871. The van der Waals surface area contributed by atoms with Crippen LogP contribution in [0.2, 0.25) is 0 Å². The molecule has 4 aliphatic rings. The molecule has 1 unspecified atom stereocenters. The molecule has 0 N–H and O–H groups in total. The zero-order chi connectivity index (χ0) is 26.7. The summed E-state index contributed by atoms with van der Waals surface area (Å²) < 4.78 is 5.66. The number of hydrogen-bond donors (Lipinski definition) is 0. The van der Waals surface area contributed by atoms with Gasteiger partial charge >= 0.3 is 5.97 Å². The Balaban J connectivity index is 1.56. The van der Waals surface area contributed by atoms with Gasteiger partial charge in [-0.25, -0.2) is 0 Å². The van der Waals surface area contributed by atoms with Crippen LogP contribution in [0.3, 0.4) is 0 Å². The Kier molecular flexibility index (Phi) is 9.17. The van der Waals surface area contributed by atoms with Crippen molar-refractivity contribution in [3.05, 3.63) is 0 Å². The number of carbonyl (C=O) groups is 4. The summed E-state index contributed by atoms with van der Waals surface area (Å²) in [4.78, 5) is 54.8. The molecule has 0 aromatic rings. The third-order valence-corrected chi connectivity index (χ3v) is 9.95. The van der Waals surface area contributed by atoms with E-state index in [1.807, 2.05) is 11.8 Å². The summed E-state index contributed by atoms with van der Waals surface area (Å²) in [6, 6.07) is -0.412. The number of piperidine rings is 1. The molecule has 2 aliphatic carbocycles. The molecule has 2 saturated heterocycles. The van der Waals surface area contributed by atoms with Crippen molar-refractivity contribution in [3.8, 4) is 0 Å². The van der Waals surface area contributed by atoms with E-state index in [9.17, 15) is 19.2 Å². The number of rotatable bonds is 6. The van der Waals surface area contributed by atoms with E-state index in [2.05, 4.69) is 13.8 Å². The lowest BCUT2D eigenvalue weighted by molar-refractivity contribution is -0.158. The highest BCUT2D eigenvalue weighted by molar-refractivity contribution is 5.93. The summed E-state index contributed by atoms with van der Waals surface area (Å²) in [6.07, 6.45) is 12.2. The Labute approximate surface area is 223 Å². The quantitative estimate of drug-likeness (QED) is 0.412. The van der Waals surface area contributed by atoms with Crippen LogP contribution in [0.25, 0.3) is 0 Å². The minimum Gasteiger partial charge on any atom is -0.454 e. The lowest BCUT2D eigenvalue weighted by Crippen LogP contribution is -2.48. The number of Topliss-reactive ketones (excluding diaryl/α,β-unsaturated/α-hetero) is 2. The summed E-state index contributed by atoms with van der Waals surface area (Å²) in [5.74, 6) is 0.463. The molecule has 1 amide bonds. The van der Waals surface area contributed by atoms with Gasteiger partial charge in [0.05, 0.1) is 6.04 Å². The molecule has 2 aliphatic heterocycles. The first-order chi connectivity index (χ1) is 17.6. The van der Waals surface area contributed by atoms with Gasteiger partial charge in [0.1, 0.15) is 0 Å². The molecule has 6 nitrogen and oxygen atoms in total. The topological polar surface area (TPSA) is 80.8 Å². The molecule has 0 aromatic carbocycles. The Morgan fingerprint density at radius 3 is 2.22 bits per heavy atom. The number of amides is 1. The van der Waals surface area contributed by atoms with E-state index < -0.39 is 18.1 Å². The van der Waals surface area contributed by atoms with Crippen molar-refractivity contribution in [1.82, 2.24) is 4.90 Å². The second-order valence-electron chi connectivity index (χ2n) is 13.3. The van der Waals surface area contributed by atoms with Gasteiger partial charge in [-0.05, 0) is 42.4 Å². The lowest BCUT2D eigenvalue weighted by Gasteiger charge is -2.34. The highest BCUT2D eigenvalue weighted by Gasteiger charge is 2.69. The monoisotopic (exact) mass is 515 g/mol. The molecule has 0 bridgehead atoms. The number of esters is 1. The maximum atomic E-state index is 14.0. The van der Waals surface area contributed by atoms with E-state index in [1.165, 1.54) is 32.6 Å². The van der Waals surface area contributed by atoms with E-state index >= 15 is 0 Å². The van der Waals surface area contributed by atoms with E-state index in [4.69, 9.17) is 4.74 Å². The van der Waals surface area contributed by atoms with Gasteiger partial charge in [-0.3, -0.25) is 19.2 Å². The van der Waals surface area contributed by atoms with Crippen LogP contribution in [0.5, 0.6) is 0 Å². The molecule has 0 aromatic heterocycles. The summed E-state index contributed by atoms with van der Waals surface area (Å²) in [7, 11) is 0. The average Bonchev–Trinajstić information content (AvgIpc) is 3.71. The van der Waals surface area contributed by atoms with Crippen LogP contribution in [-0.2, 0) is 23.9 Å². The highest BCUT2D eigenvalue weighted by atomic mass is 16.5. The lowest BCUT2D eigenvalue weighted by atomic mass is 9.83. The number of nitrogens with zero attached hydrogens (tertiary/aromatic N) is 1. The highest BCUT2D eigenvalue weighted by Crippen LogP contribution is 2.65. The van der Waals surface area contributed by atoms with Crippen molar-refractivity contribution in [2.75, 3.05) is 6.54 Å². The summed E-state index contributed by atoms with van der Waals surface area (Å²) in [6.45, 7) is 8.45. The first-order valence-corrected chi connectivity index (χ1v) is 15.1. The van der Waals surface area contributed by atoms with E-state index in [0.717, 1.165) is 44.9 Å². The molecular formula is C31H49NO5. The van der Waals surface area contributed by atoms with Crippen molar-refractivity contribution in [1.29, 1.82) is 0 Å². The minimum absolute atomic E-state index is 0.0353. The van der Waals surface area contributed by atoms with Crippen LogP contribution < -0.4 is 0 Å². The van der Waals surface area contributed by atoms with Crippen molar-refractivity contribution in [2.45, 2.75) is 130 Å². The number of hydrogen-bond acceptors (Lipinski definition) is 5. The normalized spacial score (nSPS) is 33.8. The van der Waals surface area contributed by atoms with Gasteiger partial charge < -0.3 is 9.64 Å². The molecule has 2 heterocycles. The zero-order valence-electron chi connectivity index (χ0n) is 23.6. The Bertz CT molecular complexity index is 862. The minimum atomic E-state index is -0.855. The van der Waals surface area contributed by atoms with Crippen molar-refractivity contribution in [3.63, 3.8) is 0 Å². The maximum absolute atomic E-state index is 14.0. The number of ether oxygens (including phenoxy) is 1. The Morgan fingerprint density at radius 1 is 0.973 bits per heavy atom. The first kappa shape index (κ1) is 28.3. The van der Waals surface area contributed by atoms with Crippen LogP contribution in [-0.4, -0.2) is 47.0 Å². The standard InChI is InChI=1S/C31H49NO5/c1-20-12-10-8-6-5-7-9-11-13-23(29(37-21(2)33)25(34)17-16-22-14-15-22)18-26(35)28-27-24(31(27,3)4)19-32(28)30(20)36/h20,22-24,27-29H,5-19H2,1-4H3/t20-,23+,24-,27-,28+,29?/m0/s1. The number of fused-ring (bicyclic) bond motifs is 3. The molecule has 6 atom stereocenters. The van der Waals surface area contributed by atoms with Gasteiger partial charge in [0.15, 0.2) is 17.7 Å². The Morgan fingerprint density at radius 2 is 1.59 bits per heavy atom. The van der Waals surface area contributed by atoms with Crippen molar-refractivity contribution in [2.24, 2.45) is 35.0 Å². The van der Waals surface area contributed by atoms with Crippen LogP contribution in [0.4, 0.5) is 0 Å². The second kappa shape index (κ2) is 12.0. The fourth-order valence-electron chi connectivity index (χ4n) is 7.27. The van der Waals surface area contributed by atoms with Crippen molar-refractivity contribution >= 4 is 23.4 Å². The first-order valence-electron chi connectivity index (χ1n) is 15.1. The summed E-state index contributed by atoms with van der Waals surface area (Å²) in [5, 5.41) is 0. The predicted octanol–water partition coefficient (Wildman–Crippen LogP) is 5.90. The predicted molar refractivity (Wildman–Crippen MR) is 143 cm³/mol. The Hall–Kier alpha value is -1.72. The molecule has 0 radical (unpaired) electrons. The van der Waals surface area contributed by atoms with E-state index in [1.54, 1.807) is 0 Å². The third-order valence-electron chi connectivity index (χ3n) is 9.95. The van der Waals surface area contributed by atoms with Crippen LogP contribution in [0.15, 0.2) is 0 Å². The van der Waals surface area contributed by atoms with E-state index in [0.29, 0.717) is 31.2 Å². The second-order valence-corrected chi connectivity index (χ2v) is 13.3. The largest absolute Gasteiger partial charge is 0.454 e. The molecular weight excluding hydrogens is 466 g/mol. The van der Waals surface area contributed by atoms with Gasteiger partial charge in [-0.2, -0.15) is 0 Å². The maximum Gasteiger partial charge on any atom is 0.303 e. The zero-order valence-corrected chi connectivity index (χ0v) is 23.6. The third kappa shape index (κ3) is 6.84. The fourth-order valence-corrected chi connectivity index (χ4v) is 7.27. The molecule has 2 saturated carbocycles. The molecule has 0 spiro atoms. The summed E-state index contributed by atoms with van der Waals surface area (Å²) >= 11 is 0. The molecule has 37 heavy (non-hydrogen) atoms. The number of carbonyl (C=O) groups excluding carboxylic acids is 4. The van der Waals surface area contributed by atoms with Crippen LogP contribution in [0, 0.1) is 35.0 Å².